The highest BCUT2D eigenvalue weighted by atomic mass is 127. The molecule has 0 radical (unpaired) electrons. The summed E-state index contributed by atoms with van der Waals surface area (Å²) in [7, 11) is 1.54. The number of nitrogens with two attached hydrogens (primary N) is 1. The minimum absolute atomic E-state index is 0.0293. The van der Waals surface area contributed by atoms with Crippen LogP contribution in [0, 0.1) is 14.9 Å². The molecule has 1 unspecified atom stereocenters. The summed E-state index contributed by atoms with van der Waals surface area (Å²) in [6.07, 6.45) is 0.855. The smallest absolute Gasteiger partial charge is 0.338 e. The van der Waals surface area contributed by atoms with Crippen LogP contribution >= 0.6 is 22.6 Å². The van der Waals surface area contributed by atoms with Crippen LogP contribution in [0.3, 0.4) is 0 Å². The third-order valence-electron chi connectivity index (χ3n) is 4.14. The lowest BCUT2D eigenvalue weighted by Gasteiger charge is -2.27. The molecule has 0 aliphatic carbocycles. The molecule has 0 saturated heterocycles. The van der Waals surface area contributed by atoms with Gasteiger partial charge in [0.2, 0.25) is 5.88 Å². The maximum atomic E-state index is 12.6. The number of benzene rings is 1. The van der Waals surface area contributed by atoms with Crippen molar-refractivity contribution < 1.29 is 23.7 Å². The number of ether oxygens (including phenoxy) is 4. The molecule has 2 rings (SSSR count). The zero-order valence-electron chi connectivity index (χ0n) is 16.3. The van der Waals surface area contributed by atoms with Gasteiger partial charge >= 0.3 is 5.97 Å². The largest absolute Gasteiger partial charge is 0.493 e. The predicted octanol–water partition coefficient (Wildman–Crippen LogP) is 3.73. The maximum absolute atomic E-state index is 12.6. The maximum Gasteiger partial charge on any atom is 0.338 e. The molecule has 1 heterocycles. The molecule has 1 atom stereocenters. The van der Waals surface area contributed by atoms with E-state index in [0.717, 1.165) is 9.99 Å². The summed E-state index contributed by atoms with van der Waals surface area (Å²) >= 11 is 2.14. The van der Waals surface area contributed by atoms with Crippen molar-refractivity contribution in [2.24, 2.45) is 5.73 Å². The van der Waals surface area contributed by atoms with Gasteiger partial charge in [0.1, 0.15) is 17.4 Å². The van der Waals surface area contributed by atoms with Crippen molar-refractivity contribution in [2.75, 3.05) is 20.3 Å². The van der Waals surface area contributed by atoms with Gasteiger partial charge in [-0.25, -0.2) is 4.79 Å². The number of methoxy groups -OCH3 is 1. The van der Waals surface area contributed by atoms with Crippen molar-refractivity contribution >= 4 is 28.6 Å². The standard InChI is InChI=1S/C20H23IN2O5/c1-5-7-27-18-14(21)8-12(9-15(18)25-4)17-13(10-22)19(23)28-11(3)16(17)20(24)26-6-2/h8-9,17H,5-7,23H2,1-4H3. The number of halogens is 1. The number of rotatable bonds is 7. The Bertz CT molecular complexity index is 870. The van der Waals surface area contributed by atoms with E-state index >= 15 is 0 Å². The van der Waals surface area contributed by atoms with E-state index in [1.54, 1.807) is 27.0 Å². The number of esters is 1. The Morgan fingerprint density at radius 2 is 2.11 bits per heavy atom. The van der Waals surface area contributed by atoms with Gasteiger partial charge in [-0.15, -0.1) is 0 Å². The summed E-state index contributed by atoms with van der Waals surface area (Å²) in [5, 5.41) is 9.68. The van der Waals surface area contributed by atoms with E-state index in [0.29, 0.717) is 29.4 Å². The average Bonchev–Trinajstić information content (AvgIpc) is 2.66. The van der Waals surface area contributed by atoms with Crippen molar-refractivity contribution in [3.63, 3.8) is 0 Å². The van der Waals surface area contributed by atoms with Crippen molar-refractivity contribution in [1.29, 1.82) is 5.26 Å². The monoisotopic (exact) mass is 498 g/mol. The zero-order valence-corrected chi connectivity index (χ0v) is 18.5. The SMILES string of the molecule is CCCOc1c(I)cc(C2C(C#N)=C(N)OC(C)=C2C(=O)OCC)cc1OC. The number of carbonyl (C=O) groups excluding carboxylic acids is 1. The Hall–Kier alpha value is -2.41. The Morgan fingerprint density at radius 1 is 1.39 bits per heavy atom. The molecule has 2 N–H and O–H groups in total. The van der Waals surface area contributed by atoms with Crippen LogP contribution in [0.25, 0.3) is 0 Å². The fraction of sp³-hybridized carbons (Fsp3) is 0.400. The summed E-state index contributed by atoms with van der Waals surface area (Å²) in [6, 6.07) is 5.67. The van der Waals surface area contributed by atoms with E-state index in [2.05, 4.69) is 28.7 Å². The van der Waals surface area contributed by atoms with Gasteiger partial charge in [-0.05, 0) is 60.6 Å². The first-order chi connectivity index (χ1) is 13.4. The summed E-state index contributed by atoms with van der Waals surface area (Å²) in [5.41, 5.74) is 6.99. The van der Waals surface area contributed by atoms with E-state index in [1.165, 1.54) is 0 Å². The number of nitriles is 1. The van der Waals surface area contributed by atoms with Crippen LogP contribution in [-0.2, 0) is 14.3 Å². The third kappa shape index (κ3) is 4.35. The highest BCUT2D eigenvalue weighted by molar-refractivity contribution is 14.1. The fourth-order valence-electron chi connectivity index (χ4n) is 2.94. The summed E-state index contributed by atoms with van der Waals surface area (Å²) in [6.45, 7) is 6.11. The second-order valence-electron chi connectivity index (χ2n) is 6.00. The molecule has 28 heavy (non-hydrogen) atoms. The number of hydrogen-bond donors (Lipinski definition) is 1. The van der Waals surface area contributed by atoms with Crippen LogP contribution in [0.4, 0.5) is 0 Å². The Kier molecular flexibility index (Phi) is 7.57. The summed E-state index contributed by atoms with van der Waals surface area (Å²) in [5.74, 6) is 0.137. The Labute approximate surface area is 178 Å². The van der Waals surface area contributed by atoms with Crippen LogP contribution < -0.4 is 15.2 Å². The minimum atomic E-state index is -0.722. The number of hydrogen-bond acceptors (Lipinski definition) is 7. The number of allylic oxidation sites excluding steroid dienone is 2. The average molecular weight is 498 g/mol. The molecule has 1 aliphatic heterocycles. The van der Waals surface area contributed by atoms with Gasteiger partial charge in [0, 0.05) is 0 Å². The molecular weight excluding hydrogens is 475 g/mol. The topological polar surface area (TPSA) is 104 Å². The van der Waals surface area contributed by atoms with Crippen LogP contribution in [0.1, 0.15) is 38.7 Å². The Balaban J connectivity index is 2.66. The zero-order chi connectivity index (χ0) is 20.8. The summed E-state index contributed by atoms with van der Waals surface area (Å²) < 4.78 is 22.7. The lowest BCUT2D eigenvalue weighted by molar-refractivity contribution is -0.139. The van der Waals surface area contributed by atoms with Crippen LogP contribution in [0.5, 0.6) is 11.5 Å². The molecule has 0 saturated carbocycles. The lowest BCUT2D eigenvalue weighted by atomic mass is 9.83. The van der Waals surface area contributed by atoms with Gasteiger partial charge in [0.15, 0.2) is 11.5 Å². The molecule has 0 bridgehead atoms. The second-order valence-corrected chi connectivity index (χ2v) is 7.16. The molecule has 1 aromatic rings. The molecule has 8 heteroatoms. The van der Waals surface area contributed by atoms with Crippen LogP contribution in [-0.4, -0.2) is 26.3 Å². The molecule has 0 aromatic heterocycles. The van der Waals surface area contributed by atoms with Gasteiger partial charge < -0.3 is 24.7 Å². The molecule has 0 spiro atoms. The quantitative estimate of drug-likeness (QED) is 0.451. The normalized spacial score (nSPS) is 16.4. The van der Waals surface area contributed by atoms with Crippen molar-refractivity contribution in [3.8, 4) is 17.6 Å². The van der Waals surface area contributed by atoms with E-state index in [1.807, 2.05) is 13.0 Å². The molecule has 0 fully saturated rings. The van der Waals surface area contributed by atoms with Crippen molar-refractivity contribution in [2.45, 2.75) is 33.1 Å². The van der Waals surface area contributed by atoms with Crippen LogP contribution in [0.2, 0.25) is 0 Å². The van der Waals surface area contributed by atoms with E-state index < -0.39 is 11.9 Å². The first-order valence-corrected chi connectivity index (χ1v) is 9.93. The second kappa shape index (κ2) is 9.68. The van der Waals surface area contributed by atoms with E-state index in [-0.39, 0.29) is 23.6 Å². The molecule has 150 valence electrons. The predicted molar refractivity (Wildman–Crippen MR) is 111 cm³/mol. The minimum Gasteiger partial charge on any atom is -0.493 e. The molecular formula is C20H23IN2O5. The van der Waals surface area contributed by atoms with E-state index in [9.17, 15) is 10.1 Å². The highest BCUT2D eigenvalue weighted by Gasteiger charge is 2.37. The third-order valence-corrected chi connectivity index (χ3v) is 4.94. The lowest BCUT2D eigenvalue weighted by Crippen LogP contribution is -2.25. The van der Waals surface area contributed by atoms with E-state index in [4.69, 9.17) is 24.7 Å². The molecule has 1 aromatic carbocycles. The first kappa shape index (κ1) is 21.9. The number of carbonyl (C=O) groups is 1. The first-order valence-electron chi connectivity index (χ1n) is 8.85. The number of nitrogens with zero attached hydrogens (tertiary/aromatic N) is 1. The van der Waals surface area contributed by atoms with Crippen molar-refractivity contribution in [1.82, 2.24) is 0 Å². The van der Waals surface area contributed by atoms with Gasteiger partial charge in [-0.2, -0.15) is 5.26 Å². The highest BCUT2D eigenvalue weighted by Crippen LogP contribution is 2.43. The Morgan fingerprint density at radius 3 is 2.68 bits per heavy atom. The fourth-order valence-corrected chi connectivity index (χ4v) is 3.72. The molecule has 1 aliphatic rings. The van der Waals surface area contributed by atoms with Crippen LogP contribution in [0.15, 0.2) is 34.9 Å². The van der Waals surface area contributed by atoms with Gasteiger partial charge in [-0.3, -0.25) is 0 Å². The summed E-state index contributed by atoms with van der Waals surface area (Å²) in [4.78, 5) is 12.6. The molecule has 0 amide bonds. The molecule has 7 nitrogen and oxygen atoms in total. The van der Waals surface area contributed by atoms with Gasteiger partial charge in [0.05, 0.1) is 35.4 Å². The van der Waals surface area contributed by atoms with Gasteiger partial charge in [0.25, 0.3) is 0 Å². The van der Waals surface area contributed by atoms with Crippen molar-refractivity contribution in [3.05, 3.63) is 44.1 Å². The van der Waals surface area contributed by atoms with Gasteiger partial charge in [-0.1, -0.05) is 6.92 Å².